The van der Waals surface area contributed by atoms with Crippen molar-refractivity contribution in [1.82, 2.24) is 4.90 Å². The molecule has 0 aromatic rings. The van der Waals surface area contributed by atoms with E-state index in [0.29, 0.717) is 19.1 Å². The van der Waals surface area contributed by atoms with Gasteiger partial charge in [-0.15, -0.1) is 0 Å². The van der Waals surface area contributed by atoms with Crippen molar-refractivity contribution in [2.24, 2.45) is 5.73 Å². The largest absolute Gasteiger partial charge is 0.388 e. The third kappa shape index (κ3) is 6.88. The van der Waals surface area contributed by atoms with Crippen LogP contribution < -0.4 is 5.73 Å². The van der Waals surface area contributed by atoms with Crippen molar-refractivity contribution >= 4 is 0 Å². The number of rotatable bonds is 8. The topological polar surface area (TPSA) is 49.5 Å². The molecule has 0 amide bonds. The molecule has 15 heavy (non-hydrogen) atoms. The van der Waals surface area contributed by atoms with Crippen molar-refractivity contribution in [3.63, 3.8) is 0 Å². The van der Waals surface area contributed by atoms with Gasteiger partial charge in [0.2, 0.25) is 0 Å². The molecule has 0 bridgehead atoms. The molecule has 0 saturated carbocycles. The van der Waals surface area contributed by atoms with Crippen LogP contribution in [0, 0.1) is 0 Å². The molecule has 0 saturated heterocycles. The minimum Gasteiger partial charge on any atom is -0.388 e. The Kier molecular flexibility index (Phi) is 7.14. The van der Waals surface area contributed by atoms with Gasteiger partial charge in [-0.1, -0.05) is 19.8 Å². The molecular weight excluding hydrogens is 188 g/mol. The van der Waals surface area contributed by atoms with Crippen molar-refractivity contribution in [1.29, 1.82) is 0 Å². The number of unbranched alkanes of at least 4 members (excludes halogenated alkanes) is 2. The van der Waals surface area contributed by atoms with E-state index >= 15 is 0 Å². The van der Waals surface area contributed by atoms with Crippen LogP contribution in [0.5, 0.6) is 0 Å². The summed E-state index contributed by atoms with van der Waals surface area (Å²) < 4.78 is 0. The lowest BCUT2D eigenvalue weighted by atomic mass is 10.1. The van der Waals surface area contributed by atoms with Crippen LogP contribution in [0.3, 0.4) is 0 Å². The van der Waals surface area contributed by atoms with Gasteiger partial charge in [0.1, 0.15) is 0 Å². The van der Waals surface area contributed by atoms with E-state index in [-0.39, 0.29) is 0 Å². The first kappa shape index (κ1) is 14.9. The highest BCUT2D eigenvalue weighted by Gasteiger charge is 2.23. The second-order valence-corrected chi connectivity index (χ2v) is 4.97. The van der Waals surface area contributed by atoms with Gasteiger partial charge in [-0.2, -0.15) is 0 Å². The zero-order valence-corrected chi connectivity index (χ0v) is 10.8. The normalized spacial score (nSPS) is 16.0. The van der Waals surface area contributed by atoms with Crippen LogP contribution in [0.2, 0.25) is 0 Å². The first-order chi connectivity index (χ1) is 6.93. The lowest BCUT2D eigenvalue weighted by molar-refractivity contribution is 0.0169. The van der Waals surface area contributed by atoms with E-state index < -0.39 is 5.60 Å². The van der Waals surface area contributed by atoms with Crippen molar-refractivity contribution in [2.45, 2.75) is 58.6 Å². The van der Waals surface area contributed by atoms with Crippen LogP contribution in [0.15, 0.2) is 0 Å². The Labute approximate surface area is 94.6 Å². The fourth-order valence-corrected chi connectivity index (χ4v) is 1.59. The second-order valence-electron chi connectivity index (χ2n) is 4.97. The Bertz CT molecular complexity index is 158. The lowest BCUT2D eigenvalue weighted by Crippen LogP contribution is -2.48. The molecule has 0 heterocycles. The molecule has 0 aromatic carbocycles. The maximum Gasteiger partial charge on any atom is 0.0867 e. The molecule has 0 spiro atoms. The summed E-state index contributed by atoms with van der Waals surface area (Å²) in [5.74, 6) is 0. The lowest BCUT2D eigenvalue weighted by Gasteiger charge is -2.33. The summed E-state index contributed by atoms with van der Waals surface area (Å²) in [6, 6.07) is 0.472. The summed E-state index contributed by atoms with van der Waals surface area (Å²) in [6.07, 6.45) is 3.70. The van der Waals surface area contributed by atoms with Gasteiger partial charge < -0.3 is 10.8 Å². The molecular formula is C12H28N2O. The van der Waals surface area contributed by atoms with Gasteiger partial charge in [-0.05, 0) is 33.7 Å². The third-order valence-electron chi connectivity index (χ3n) is 2.76. The van der Waals surface area contributed by atoms with Gasteiger partial charge in [0.15, 0.2) is 0 Å². The van der Waals surface area contributed by atoms with Gasteiger partial charge in [-0.25, -0.2) is 0 Å². The summed E-state index contributed by atoms with van der Waals surface area (Å²) in [6.45, 7) is 10.4. The van der Waals surface area contributed by atoms with Gasteiger partial charge >= 0.3 is 0 Å². The van der Waals surface area contributed by atoms with Crippen molar-refractivity contribution in [3.05, 3.63) is 0 Å². The summed E-state index contributed by atoms with van der Waals surface area (Å²) in [5, 5.41) is 9.93. The average Bonchev–Trinajstić information content (AvgIpc) is 2.16. The molecule has 3 heteroatoms. The van der Waals surface area contributed by atoms with Gasteiger partial charge in [0, 0.05) is 19.1 Å². The van der Waals surface area contributed by atoms with Crippen LogP contribution in [0.1, 0.15) is 47.0 Å². The van der Waals surface area contributed by atoms with Crippen LogP contribution in [0.4, 0.5) is 0 Å². The smallest absolute Gasteiger partial charge is 0.0867 e. The van der Waals surface area contributed by atoms with E-state index in [0.717, 1.165) is 6.54 Å². The summed E-state index contributed by atoms with van der Waals surface area (Å²) >= 11 is 0. The Morgan fingerprint density at radius 2 is 1.93 bits per heavy atom. The van der Waals surface area contributed by atoms with Crippen molar-refractivity contribution in [3.8, 4) is 0 Å². The van der Waals surface area contributed by atoms with E-state index in [1.807, 2.05) is 6.92 Å². The van der Waals surface area contributed by atoms with E-state index in [1.54, 1.807) is 0 Å². The fourth-order valence-electron chi connectivity index (χ4n) is 1.59. The summed E-state index contributed by atoms with van der Waals surface area (Å²) in [4.78, 5) is 2.31. The predicted octanol–water partition coefficient (Wildman–Crippen LogP) is 1.60. The number of aliphatic hydroxyl groups is 1. The maximum absolute atomic E-state index is 9.93. The van der Waals surface area contributed by atoms with Gasteiger partial charge in [-0.3, -0.25) is 4.90 Å². The van der Waals surface area contributed by atoms with Crippen LogP contribution in [0.25, 0.3) is 0 Å². The molecule has 0 aromatic heterocycles. The number of hydrogen-bond donors (Lipinski definition) is 2. The number of nitrogens with zero attached hydrogens (tertiary/aromatic N) is 1. The molecule has 3 nitrogen and oxygen atoms in total. The van der Waals surface area contributed by atoms with Crippen LogP contribution >= 0.6 is 0 Å². The molecule has 92 valence electrons. The highest BCUT2D eigenvalue weighted by Crippen LogP contribution is 2.10. The fraction of sp³-hybridized carbons (Fsp3) is 1.00. The van der Waals surface area contributed by atoms with Crippen molar-refractivity contribution in [2.75, 3.05) is 19.6 Å². The molecule has 0 aliphatic heterocycles. The number of hydrogen-bond acceptors (Lipinski definition) is 3. The van der Waals surface area contributed by atoms with Gasteiger partial charge in [0.25, 0.3) is 0 Å². The Morgan fingerprint density at radius 3 is 2.33 bits per heavy atom. The Balaban J connectivity index is 4.04. The first-order valence-corrected chi connectivity index (χ1v) is 6.09. The van der Waals surface area contributed by atoms with Crippen LogP contribution in [-0.2, 0) is 0 Å². The van der Waals surface area contributed by atoms with Crippen molar-refractivity contribution < 1.29 is 5.11 Å². The molecule has 1 atom stereocenters. The standard InChI is InChI=1S/C12H28N2O/c1-5-6-7-8-14(11(2)3)10-12(4,15)9-13/h11,15H,5-10,13H2,1-4H3. The molecule has 0 aliphatic carbocycles. The average molecular weight is 216 g/mol. The molecule has 3 N–H and O–H groups in total. The zero-order valence-electron chi connectivity index (χ0n) is 10.8. The second kappa shape index (κ2) is 7.20. The minimum absolute atomic E-state index is 0.323. The monoisotopic (exact) mass is 216 g/mol. The molecule has 0 fully saturated rings. The predicted molar refractivity (Wildman–Crippen MR) is 65.9 cm³/mol. The maximum atomic E-state index is 9.93. The quantitative estimate of drug-likeness (QED) is 0.606. The zero-order chi connectivity index (χ0) is 11.9. The third-order valence-corrected chi connectivity index (χ3v) is 2.76. The van der Waals surface area contributed by atoms with E-state index in [1.165, 1.54) is 19.3 Å². The summed E-state index contributed by atoms with van der Waals surface area (Å²) in [5.41, 5.74) is 4.78. The van der Waals surface area contributed by atoms with E-state index in [4.69, 9.17) is 5.73 Å². The van der Waals surface area contributed by atoms with E-state index in [2.05, 4.69) is 25.7 Å². The van der Waals surface area contributed by atoms with E-state index in [9.17, 15) is 5.11 Å². The molecule has 1 unspecified atom stereocenters. The first-order valence-electron chi connectivity index (χ1n) is 6.09. The number of nitrogens with two attached hydrogens (primary N) is 1. The highest BCUT2D eigenvalue weighted by atomic mass is 16.3. The summed E-state index contributed by atoms with van der Waals surface area (Å²) in [7, 11) is 0. The Morgan fingerprint density at radius 1 is 1.33 bits per heavy atom. The minimum atomic E-state index is -0.753. The SMILES string of the molecule is CCCCCN(CC(C)(O)CN)C(C)C. The Hall–Kier alpha value is -0.120. The highest BCUT2D eigenvalue weighted by molar-refractivity contribution is 4.79. The molecule has 0 rings (SSSR count). The van der Waals surface area contributed by atoms with Crippen LogP contribution in [-0.4, -0.2) is 41.3 Å². The van der Waals surface area contributed by atoms with Gasteiger partial charge in [0.05, 0.1) is 5.60 Å². The molecule has 0 aliphatic rings. The molecule has 0 radical (unpaired) electrons.